The molecule has 3 heteroatoms. The molecule has 0 amide bonds. The van der Waals surface area contributed by atoms with Crippen molar-refractivity contribution in [3.8, 4) is 0 Å². The van der Waals surface area contributed by atoms with E-state index >= 15 is 0 Å². The summed E-state index contributed by atoms with van der Waals surface area (Å²) in [5.41, 5.74) is 2.56. The Kier molecular flexibility index (Phi) is 3.81. The minimum atomic E-state index is 0.887. The van der Waals surface area contributed by atoms with Crippen LogP contribution in [0.2, 0.25) is 0 Å². The lowest BCUT2D eigenvalue weighted by Gasteiger charge is -2.08. The van der Waals surface area contributed by atoms with Crippen molar-refractivity contribution in [3.05, 3.63) is 62.3 Å². The summed E-state index contributed by atoms with van der Waals surface area (Å²) in [6.45, 7) is 5.24. The van der Waals surface area contributed by atoms with E-state index in [1.165, 1.54) is 31.8 Å². The van der Waals surface area contributed by atoms with Gasteiger partial charge in [-0.1, -0.05) is 28.1 Å². The third kappa shape index (κ3) is 2.89. The van der Waals surface area contributed by atoms with Gasteiger partial charge in [0.05, 0.1) is 0 Å². The molecule has 0 atom stereocenters. The van der Waals surface area contributed by atoms with Crippen LogP contribution < -0.4 is 5.32 Å². The number of nitrogens with one attached hydrogen (secondary N) is 1. The molecular weight excluding hydrogens is 330 g/mol. The molecule has 102 valence electrons. The van der Waals surface area contributed by atoms with E-state index in [2.05, 4.69) is 77.6 Å². The van der Waals surface area contributed by atoms with Gasteiger partial charge in [-0.25, -0.2) is 0 Å². The van der Waals surface area contributed by atoms with Crippen molar-refractivity contribution in [1.29, 1.82) is 0 Å². The Bertz CT molecular complexity index is 761. The molecule has 0 spiro atoms. The Morgan fingerprint density at radius 3 is 2.50 bits per heavy atom. The van der Waals surface area contributed by atoms with Crippen LogP contribution in [-0.4, -0.2) is 0 Å². The Balaban J connectivity index is 1.81. The molecular formula is C17H16BrNS. The summed E-state index contributed by atoms with van der Waals surface area (Å²) in [5.74, 6) is 0. The van der Waals surface area contributed by atoms with E-state index in [-0.39, 0.29) is 0 Å². The second-order valence-corrected chi connectivity index (χ2v) is 7.37. The number of halogens is 1. The molecule has 0 saturated heterocycles. The summed E-state index contributed by atoms with van der Waals surface area (Å²) >= 11 is 5.37. The van der Waals surface area contributed by atoms with Gasteiger partial charge in [0.15, 0.2) is 0 Å². The van der Waals surface area contributed by atoms with Crippen LogP contribution in [0.15, 0.2) is 46.9 Å². The van der Waals surface area contributed by atoms with Crippen LogP contribution in [0, 0.1) is 13.8 Å². The summed E-state index contributed by atoms with van der Waals surface area (Å²) in [7, 11) is 0. The zero-order valence-electron chi connectivity index (χ0n) is 11.5. The van der Waals surface area contributed by atoms with Crippen molar-refractivity contribution in [2.45, 2.75) is 20.4 Å². The number of anilines is 1. The highest BCUT2D eigenvalue weighted by Crippen LogP contribution is 2.25. The largest absolute Gasteiger partial charge is 0.381 e. The van der Waals surface area contributed by atoms with E-state index in [0.717, 1.165) is 11.0 Å². The molecule has 0 aliphatic rings. The van der Waals surface area contributed by atoms with Crippen LogP contribution in [0.5, 0.6) is 0 Å². The maximum atomic E-state index is 3.52. The molecule has 1 nitrogen and oxygen atoms in total. The van der Waals surface area contributed by atoms with E-state index in [0.29, 0.717) is 0 Å². The second kappa shape index (κ2) is 5.58. The van der Waals surface area contributed by atoms with Crippen molar-refractivity contribution < 1.29 is 0 Å². The van der Waals surface area contributed by atoms with Gasteiger partial charge in [-0.3, -0.25) is 0 Å². The number of fused-ring (bicyclic) bond motifs is 1. The van der Waals surface area contributed by atoms with Gasteiger partial charge in [-0.2, -0.15) is 0 Å². The molecule has 0 bridgehead atoms. The Morgan fingerprint density at radius 1 is 1.00 bits per heavy atom. The lowest BCUT2D eigenvalue weighted by Crippen LogP contribution is -1.99. The number of rotatable bonds is 3. The van der Waals surface area contributed by atoms with Gasteiger partial charge < -0.3 is 5.32 Å². The van der Waals surface area contributed by atoms with Crippen molar-refractivity contribution in [3.63, 3.8) is 0 Å². The quantitative estimate of drug-likeness (QED) is 0.623. The molecule has 0 aliphatic carbocycles. The minimum Gasteiger partial charge on any atom is -0.381 e. The molecule has 0 unspecified atom stereocenters. The normalized spacial score (nSPS) is 10.9. The molecule has 2 aromatic carbocycles. The predicted octanol–water partition coefficient (Wildman–Crippen LogP) is 5.89. The van der Waals surface area contributed by atoms with E-state index < -0.39 is 0 Å². The van der Waals surface area contributed by atoms with Crippen LogP contribution in [0.3, 0.4) is 0 Å². The van der Waals surface area contributed by atoms with Gasteiger partial charge in [-0.15, -0.1) is 11.3 Å². The van der Waals surface area contributed by atoms with Gasteiger partial charge >= 0.3 is 0 Å². The maximum Gasteiger partial charge on any atom is 0.0411 e. The first kappa shape index (κ1) is 13.7. The molecule has 3 rings (SSSR count). The fraction of sp³-hybridized carbons (Fsp3) is 0.176. The van der Waals surface area contributed by atoms with Crippen LogP contribution in [0.1, 0.15) is 15.3 Å². The molecule has 0 fully saturated rings. The SMILES string of the molecule is Cc1cc(CNc2ccc3cc(Br)ccc3c2)c(C)s1. The van der Waals surface area contributed by atoms with Crippen molar-refractivity contribution in [2.24, 2.45) is 0 Å². The highest BCUT2D eigenvalue weighted by atomic mass is 79.9. The molecule has 1 heterocycles. The first-order valence-electron chi connectivity index (χ1n) is 6.61. The molecule has 20 heavy (non-hydrogen) atoms. The van der Waals surface area contributed by atoms with Crippen LogP contribution in [0.4, 0.5) is 5.69 Å². The Morgan fingerprint density at radius 2 is 1.75 bits per heavy atom. The summed E-state index contributed by atoms with van der Waals surface area (Å²) in [6.07, 6.45) is 0. The van der Waals surface area contributed by atoms with Crippen LogP contribution >= 0.6 is 27.3 Å². The average molecular weight is 346 g/mol. The van der Waals surface area contributed by atoms with E-state index in [1.807, 2.05) is 11.3 Å². The molecule has 1 N–H and O–H groups in total. The van der Waals surface area contributed by atoms with Crippen molar-refractivity contribution in [2.75, 3.05) is 5.32 Å². The van der Waals surface area contributed by atoms with Crippen LogP contribution in [-0.2, 0) is 6.54 Å². The highest BCUT2D eigenvalue weighted by Gasteiger charge is 2.03. The molecule has 1 aromatic heterocycles. The van der Waals surface area contributed by atoms with Crippen LogP contribution in [0.25, 0.3) is 10.8 Å². The zero-order chi connectivity index (χ0) is 14.1. The number of aryl methyl sites for hydroxylation is 2. The first-order chi connectivity index (χ1) is 9.61. The van der Waals surface area contributed by atoms with Gasteiger partial charge in [0.25, 0.3) is 0 Å². The third-order valence-corrected chi connectivity index (χ3v) is 4.93. The fourth-order valence-electron chi connectivity index (χ4n) is 2.38. The van der Waals surface area contributed by atoms with Gasteiger partial charge in [0.1, 0.15) is 0 Å². The third-order valence-electron chi connectivity index (χ3n) is 3.43. The summed E-state index contributed by atoms with van der Waals surface area (Å²) in [4.78, 5) is 2.78. The molecule has 0 saturated carbocycles. The molecule has 0 radical (unpaired) electrons. The number of thiophene rings is 1. The molecule has 3 aromatic rings. The predicted molar refractivity (Wildman–Crippen MR) is 92.8 cm³/mol. The average Bonchev–Trinajstić information content (AvgIpc) is 2.74. The molecule has 0 aliphatic heterocycles. The van der Waals surface area contributed by atoms with Crippen molar-refractivity contribution >= 4 is 43.7 Å². The van der Waals surface area contributed by atoms with Gasteiger partial charge in [0, 0.05) is 26.5 Å². The smallest absolute Gasteiger partial charge is 0.0411 e. The summed E-state index contributed by atoms with van der Waals surface area (Å²) in [6, 6.07) is 15.1. The minimum absolute atomic E-state index is 0.887. The lowest BCUT2D eigenvalue weighted by atomic mass is 10.1. The lowest BCUT2D eigenvalue weighted by molar-refractivity contribution is 1.14. The standard InChI is InChI=1S/C17H16BrNS/c1-11-7-15(12(2)20-11)10-19-17-6-4-13-8-16(18)5-3-14(13)9-17/h3-9,19H,10H2,1-2H3. The fourth-order valence-corrected chi connectivity index (χ4v) is 3.71. The second-order valence-electron chi connectivity index (χ2n) is 5.00. The van der Waals surface area contributed by atoms with E-state index in [1.54, 1.807) is 0 Å². The monoisotopic (exact) mass is 345 g/mol. The van der Waals surface area contributed by atoms with Crippen molar-refractivity contribution in [1.82, 2.24) is 0 Å². The maximum absolute atomic E-state index is 3.52. The van der Waals surface area contributed by atoms with E-state index in [4.69, 9.17) is 0 Å². The number of hydrogen-bond donors (Lipinski definition) is 1. The Labute approximate surface area is 131 Å². The summed E-state index contributed by atoms with van der Waals surface area (Å²) in [5, 5.41) is 6.03. The summed E-state index contributed by atoms with van der Waals surface area (Å²) < 4.78 is 1.12. The zero-order valence-corrected chi connectivity index (χ0v) is 13.9. The van der Waals surface area contributed by atoms with Gasteiger partial charge in [-0.05, 0) is 60.5 Å². The number of benzene rings is 2. The number of hydrogen-bond acceptors (Lipinski definition) is 2. The highest BCUT2D eigenvalue weighted by molar-refractivity contribution is 9.10. The topological polar surface area (TPSA) is 12.0 Å². The van der Waals surface area contributed by atoms with Gasteiger partial charge in [0.2, 0.25) is 0 Å². The Hall–Kier alpha value is -1.32. The van der Waals surface area contributed by atoms with E-state index in [9.17, 15) is 0 Å². The first-order valence-corrected chi connectivity index (χ1v) is 8.22.